The average molecular weight is 828 g/mol. The number of nitrogens with one attached hydrogen (secondary N) is 1. The van der Waals surface area contributed by atoms with Crippen LogP contribution in [0, 0.1) is 0 Å². The first kappa shape index (κ1) is 57.6. The highest BCUT2D eigenvalue weighted by molar-refractivity contribution is 5.76. The van der Waals surface area contributed by atoms with Gasteiger partial charge in [-0.3, -0.25) is 4.79 Å². The Hall–Kier alpha value is -1.39. The van der Waals surface area contributed by atoms with E-state index < -0.39 is 12.1 Å². The fourth-order valence-corrected chi connectivity index (χ4v) is 8.27. The number of unbranched alkanes of at least 4 members (excludes halogenated alkanes) is 38. The van der Waals surface area contributed by atoms with Gasteiger partial charge in [-0.05, 0) is 44.9 Å². The van der Waals surface area contributed by atoms with Gasteiger partial charge in [0, 0.05) is 6.42 Å². The van der Waals surface area contributed by atoms with Gasteiger partial charge >= 0.3 is 0 Å². The van der Waals surface area contributed by atoms with Crippen LogP contribution < -0.4 is 5.32 Å². The van der Waals surface area contributed by atoms with E-state index in [0.29, 0.717) is 6.42 Å². The Morgan fingerprint density at radius 3 is 0.983 bits per heavy atom. The van der Waals surface area contributed by atoms with Gasteiger partial charge in [-0.25, -0.2) is 0 Å². The zero-order valence-electron chi connectivity index (χ0n) is 40.0. The van der Waals surface area contributed by atoms with E-state index in [4.69, 9.17) is 0 Å². The molecule has 4 heteroatoms. The van der Waals surface area contributed by atoms with Crippen molar-refractivity contribution in [2.75, 3.05) is 6.61 Å². The van der Waals surface area contributed by atoms with Crippen LogP contribution in [0.15, 0.2) is 36.5 Å². The standard InChI is InChI=1S/C55H105NO3/c1-3-5-7-9-11-13-15-17-19-20-21-22-23-24-25-26-27-28-29-30-31-32-33-34-35-37-38-40-42-44-46-48-50-54(58)53(52-57)56-55(59)51-49-47-45-43-41-39-36-18-16-14-12-10-8-6-4-2/h34-35,40,42,48,50,53-54,57-58H,3-33,36-39,41,43-47,49,51-52H2,1-2H3,(H,56,59)/b35-34+,42-40+,50-48+. The Morgan fingerprint density at radius 2 is 0.661 bits per heavy atom. The molecule has 0 radical (unpaired) electrons. The summed E-state index contributed by atoms with van der Waals surface area (Å²) in [6.07, 6.45) is 68.8. The van der Waals surface area contributed by atoms with E-state index in [2.05, 4.69) is 43.5 Å². The van der Waals surface area contributed by atoms with E-state index in [1.807, 2.05) is 6.08 Å². The number of allylic oxidation sites excluding steroid dienone is 5. The molecule has 0 fully saturated rings. The lowest BCUT2D eigenvalue weighted by Gasteiger charge is -2.19. The van der Waals surface area contributed by atoms with Gasteiger partial charge < -0.3 is 15.5 Å². The summed E-state index contributed by atoms with van der Waals surface area (Å²) in [6, 6.07) is -0.643. The van der Waals surface area contributed by atoms with Gasteiger partial charge in [0.1, 0.15) is 0 Å². The normalized spacial score (nSPS) is 13.1. The highest BCUT2D eigenvalue weighted by atomic mass is 16.3. The Labute approximate surface area is 370 Å². The molecule has 0 bridgehead atoms. The second kappa shape index (κ2) is 51.0. The molecule has 348 valence electrons. The fourth-order valence-electron chi connectivity index (χ4n) is 8.27. The van der Waals surface area contributed by atoms with E-state index in [-0.39, 0.29) is 12.5 Å². The van der Waals surface area contributed by atoms with Crippen LogP contribution >= 0.6 is 0 Å². The Morgan fingerprint density at radius 1 is 0.390 bits per heavy atom. The minimum absolute atomic E-state index is 0.0748. The van der Waals surface area contributed by atoms with Crippen molar-refractivity contribution in [3.8, 4) is 0 Å². The number of rotatable bonds is 49. The first-order chi connectivity index (χ1) is 29.2. The first-order valence-corrected chi connectivity index (χ1v) is 26.7. The van der Waals surface area contributed by atoms with Crippen molar-refractivity contribution >= 4 is 5.91 Å². The minimum atomic E-state index is -0.868. The molecular weight excluding hydrogens is 723 g/mol. The molecule has 0 rings (SSSR count). The summed E-state index contributed by atoms with van der Waals surface area (Å²) < 4.78 is 0. The Kier molecular flexibility index (Phi) is 49.8. The van der Waals surface area contributed by atoms with Crippen molar-refractivity contribution < 1.29 is 15.0 Å². The average Bonchev–Trinajstić information content (AvgIpc) is 3.24. The molecule has 0 aromatic heterocycles. The summed E-state index contributed by atoms with van der Waals surface area (Å²) in [5.41, 5.74) is 0. The molecule has 1 amide bonds. The molecular formula is C55H105NO3. The molecule has 2 unspecified atom stereocenters. The lowest BCUT2D eigenvalue weighted by atomic mass is 10.0. The molecule has 0 aliphatic heterocycles. The van der Waals surface area contributed by atoms with Crippen LogP contribution in [-0.4, -0.2) is 34.9 Å². The molecule has 3 N–H and O–H groups in total. The van der Waals surface area contributed by atoms with E-state index in [1.165, 1.54) is 231 Å². The highest BCUT2D eigenvalue weighted by Gasteiger charge is 2.17. The molecule has 0 heterocycles. The third kappa shape index (κ3) is 47.5. The molecule has 0 aliphatic carbocycles. The van der Waals surface area contributed by atoms with E-state index in [1.54, 1.807) is 6.08 Å². The zero-order chi connectivity index (χ0) is 42.8. The van der Waals surface area contributed by atoms with Crippen LogP contribution in [0.25, 0.3) is 0 Å². The smallest absolute Gasteiger partial charge is 0.220 e. The minimum Gasteiger partial charge on any atom is -0.394 e. The van der Waals surface area contributed by atoms with Gasteiger partial charge in [0.05, 0.1) is 18.8 Å². The number of hydrogen-bond acceptors (Lipinski definition) is 3. The number of aliphatic hydroxyl groups excluding tert-OH is 2. The molecule has 0 aromatic rings. The van der Waals surface area contributed by atoms with Crippen LogP contribution in [0.4, 0.5) is 0 Å². The van der Waals surface area contributed by atoms with Gasteiger partial charge in [-0.2, -0.15) is 0 Å². The predicted octanol–water partition coefficient (Wildman–Crippen LogP) is 17.3. The van der Waals surface area contributed by atoms with Crippen molar-refractivity contribution in [3.05, 3.63) is 36.5 Å². The third-order valence-electron chi connectivity index (χ3n) is 12.4. The number of amides is 1. The lowest BCUT2D eigenvalue weighted by molar-refractivity contribution is -0.123. The van der Waals surface area contributed by atoms with Crippen molar-refractivity contribution in [1.29, 1.82) is 0 Å². The second-order valence-electron chi connectivity index (χ2n) is 18.3. The number of carbonyl (C=O) groups is 1. The first-order valence-electron chi connectivity index (χ1n) is 26.7. The van der Waals surface area contributed by atoms with Gasteiger partial charge in [0.25, 0.3) is 0 Å². The molecule has 59 heavy (non-hydrogen) atoms. The second-order valence-corrected chi connectivity index (χ2v) is 18.3. The van der Waals surface area contributed by atoms with Gasteiger partial charge in [-0.15, -0.1) is 0 Å². The molecule has 0 saturated heterocycles. The van der Waals surface area contributed by atoms with Crippen molar-refractivity contribution in [2.45, 2.75) is 302 Å². The van der Waals surface area contributed by atoms with Gasteiger partial charge in [0.15, 0.2) is 0 Å². The van der Waals surface area contributed by atoms with Crippen LogP contribution in [0.2, 0.25) is 0 Å². The number of carbonyl (C=O) groups excluding carboxylic acids is 1. The maximum absolute atomic E-state index is 12.4. The fraction of sp³-hybridized carbons (Fsp3) is 0.873. The largest absolute Gasteiger partial charge is 0.394 e. The van der Waals surface area contributed by atoms with Crippen LogP contribution in [0.5, 0.6) is 0 Å². The summed E-state index contributed by atoms with van der Waals surface area (Å²) in [5, 5.41) is 23.1. The quantitative estimate of drug-likeness (QED) is 0.0423. The Bertz CT molecular complexity index is 897. The third-order valence-corrected chi connectivity index (χ3v) is 12.4. The molecule has 0 aliphatic rings. The summed E-state index contributed by atoms with van der Waals surface area (Å²) in [7, 11) is 0. The van der Waals surface area contributed by atoms with Gasteiger partial charge in [0.2, 0.25) is 5.91 Å². The molecule has 0 saturated carbocycles. The Balaban J connectivity index is 3.52. The van der Waals surface area contributed by atoms with E-state index in [0.717, 1.165) is 38.5 Å². The van der Waals surface area contributed by atoms with Crippen molar-refractivity contribution in [2.24, 2.45) is 0 Å². The predicted molar refractivity (Wildman–Crippen MR) is 262 cm³/mol. The monoisotopic (exact) mass is 828 g/mol. The topological polar surface area (TPSA) is 69.6 Å². The van der Waals surface area contributed by atoms with E-state index in [9.17, 15) is 15.0 Å². The molecule has 2 atom stereocenters. The summed E-state index contributed by atoms with van der Waals surface area (Å²) in [6.45, 7) is 4.32. The van der Waals surface area contributed by atoms with E-state index >= 15 is 0 Å². The zero-order valence-corrected chi connectivity index (χ0v) is 40.0. The molecule has 0 aromatic carbocycles. The van der Waals surface area contributed by atoms with Crippen LogP contribution in [-0.2, 0) is 4.79 Å². The SMILES string of the molecule is CCCCCCCCCCCCCCCCCCCCCCCC/C=C/CC/C=C/CC/C=C/C(O)C(CO)NC(=O)CCCCCCCCCCCCCCCCC. The summed E-state index contributed by atoms with van der Waals surface area (Å²) in [5.74, 6) is -0.0748. The van der Waals surface area contributed by atoms with Crippen LogP contribution in [0.1, 0.15) is 290 Å². The molecule has 0 spiro atoms. The number of aliphatic hydroxyl groups is 2. The molecule has 4 nitrogen and oxygen atoms in total. The maximum Gasteiger partial charge on any atom is 0.220 e. The summed E-state index contributed by atoms with van der Waals surface area (Å²) >= 11 is 0. The number of hydrogen-bond donors (Lipinski definition) is 3. The van der Waals surface area contributed by atoms with Gasteiger partial charge in [-0.1, -0.05) is 275 Å². The highest BCUT2D eigenvalue weighted by Crippen LogP contribution is 2.17. The van der Waals surface area contributed by atoms with Crippen molar-refractivity contribution in [1.82, 2.24) is 5.32 Å². The van der Waals surface area contributed by atoms with Crippen molar-refractivity contribution in [3.63, 3.8) is 0 Å². The lowest BCUT2D eigenvalue weighted by Crippen LogP contribution is -2.45. The maximum atomic E-state index is 12.4. The summed E-state index contributed by atoms with van der Waals surface area (Å²) in [4.78, 5) is 12.4. The van der Waals surface area contributed by atoms with Crippen LogP contribution in [0.3, 0.4) is 0 Å².